The smallest absolute Gasteiger partial charge is 0.329 e. The van der Waals surface area contributed by atoms with Crippen LogP contribution in [-0.4, -0.2) is 23.2 Å². The van der Waals surface area contributed by atoms with Crippen LogP contribution >= 0.6 is 12.2 Å². The maximum atomic E-state index is 10.8. The Morgan fingerprint density at radius 3 is 2.83 bits per heavy atom. The van der Waals surface area contributed by atoms with E-state index in [1.165, 1.54) is 29.5 Å². The van der Waals surface area contributed by atoms with Gasteiger partial charge >= 0.3 is 5.97 Å². The molecule has 0 saturated heterocycles. The molecule has 5 heteroatoms. The summed E-state index contributed by atoms with van der Waals surface area (Å²) in [6.45, 7) is 1.34. The molecule has 0 saturated carbocycles. The number of benzene rings is 1. The van der Waals surface area contributed by atoms with Crippen molar-refractivity contribution in [2.75, 3.05) is 12.4 Å². The van der Waals surface area contributed by atoms with Crippen molar-refractivity contribution in [1.29, 1.82) is 0 Å². The van der Waals surface area contributed by atoms with E-state index in [-0.39, 0.29) is 0 Å². The number of rotatable bonds is 1. The molecule has 0 unspecified atom stereocenters. The second kappa shape index (κ2) is 5.35. The molecule has 1 N–H and O–H groups in total. The van der Waals surface area contributed by atoms with E-state index >= 15 is 0 Å². The van der Waals surface area contributed by atoms with Gasteiger partial charge in [0.1, 0.15) is 0 Å². The number of hydroxylamine groups is 2. The van der Waals surface area contributed by atoms with Gasteiger partial charge in [0.2, 0.25) is 5.11 Å². The van der Waals surface area contributed by atoms with Crippen LogP contribution in [0, 0.1) is 0 Å². The van der Waals surface area contributed by atoms with Crippen LogP contribution in [0.4, 0.5) is 5.69 Å². The summed E-state index contributed by atoms with van der Waals surface area (Å²) in [4.78, 5) is 15.7. The summed E-state index contributed by atoms with van der Waals surface area (Å²) >= 11 is 5.14. The molecule has 1 aliphatic rings. The van der Waals surface area contributed by atoms with Crippen LogP contribution in [0.25, 0.3) is 0 Å². The summed E-state index contributed by atoms with van der Waals surface area (Å²) in [6, 6.07) is 6.23. The van der Waals surface area contributed by atoms with Crippen molar-refractivity contribution in [2.24, 2.45) is 0 Å². The van der Waals surface area contributed by atoms with E-state index < -0.39 is 5.97 Å². The first-order valence-corrected chi connectivity index (χ1v) is 6.32. The van der Waals surface area contributed by atoms with Gasteiger partial charge < -0.3 is 10.2 Å². The lowest BCUT2D eigenvalue weighted by molar-refractivity contribution is -0.165. The molecule has 0 atom stereocenters. The number of nitrogens with zero attached hydrogens (tertiary/aromatic N) is 1. The van der Waals surface area contributed by atoms with Crippen LogP contribution < -0.4 is 5.32 Å². The number of hydrogen-bond donors (Lipinski definition) is 1. The van der Waals surface area contributed by atoms with Crippen LogP contribution in [-0.2, 0) is 22.5 Å². The van der Waals surface area contributed by atoms with Crippen molar-refractivity contribution in [1.82, 2.24) is 5.06 Å². The Bertz CT molecular complexity index is 488. The Balaban J connectivity index is 2.01. The van der Waals surface area contributed by atoms with Crippen LogP contribution in [0.15, 0.2) is 18.2 Å². The summed E-state index contributed by atoms with van der Waals surface area (Å²) in [6.07, 6.45) is 3.50. The zero-order valence-corrected chi connectivity index (χ0v) is 11.3. The molecule has 1 aliphatic carbocycles. The average Bonchev–Trinajstić information content (AvgIpc) is 2.75. The molecule has 0 aliphatic heterocycles. The normalized spacial score (nSPS) is 12.8. The fourth-order valence-electron chi connectivity index (χ4n) is 2.09. The molecule has 18 heavy (non-hydrogen) atoms. The lowest BCUT2D eigenvalue weighted by Gasteiger charge is -2.19. The number of aryl methyl sites for hydroxylation is 2. The monoisotopic (exact) mass is 264 g/mol. The van der Waals surface area contributed by atoms with E-state index in [1.807, 2.05) is 6.07 Å². The van der Waals surface area contributed by atoms with Crippen LogP contribution in [0.5, 0.6) is 0 Å². The lowest BCUT2D eigenvalue weighted by atomic mass is 10.1. The van der Waals surface area contributed by atoms with E-state index in [2.05, 4.69) is 17.4 Å². The van der Waals surface area contributed by atoms with Gasteiger partial charge in [0.15, 0.2) is 0 Å². The van der Waals surface area contributed by atoms with Crippen molar-refractivity contribution in [3.8, 4) is 0 Å². The molecule has 0 heterocycles. The van der Waals surface area contributed by atoms with E-state index in [1.54, 1.807) is 7.05 Å². The number of carbonyl (C=O) groups excluding carboxylic acids is 1. The third kappa shape index (κ3) is 2.98. The number of hydrogen-bond acceptors (Lipinski definition) is 3. The number of carbonyl (C=O) groups is 1. The maximum absolute atomic E-state index is 10.8. The molecular weight excluding hydrogens is 248 g/mol. The second-order valence-corrected chi connectivity index (χ2v) is 4.73. The lowest BCUT2D eigenvalue weighted by Crippen LogP contribution is -2.32. The van der Waals surface area contributed by atoms with E-state index in [9.17, 15) is 4.79 Å². The van der Waals surface area contributed by atoms with Gasteiger partial charge in [0.25, 0.3) is 0 Å². The topological polar surface area (TPSA) is 41.6 Å². The van der Waals surface area contributed by atoms with E-state index in [4.69, 9.17) is 17.1 Å². The molecule has 2 rings (SSSR count). The van der Waals surface area contributed by atoms with Crippen LogP contribution in [0.3, 0.4) is 0 Å². The predicted molar refractivity (Wildman–Crippen MR) is 74.2 cm³/mol. The summed E-state index contributed by atoms with van der Waals surface area (Å²) < 4.78 is 0. The minimum absolute atomic E-state index is 0.364. The highest BCUT2D eigenvalue weighted by molar-refractivity contribution is 7.80. The Labute approximate surface area is 112 Å². The first-order chi connectivity index (χ1) is 8.56. The maximum Gasteiger partial charge on any atom is 0.329 e. The molecule has 1 aromatic rings. The minimum atomic E-state index is -0.393. The molecule has 0 aromatic heterocycles. The molecule has 96 valence electrons. The Kier molecular flexibility index (Phi) is 3.81. The SMILES string of the molecule is CC(=O)ON(C)C(=S)Nc1ccc2c(c1)CCC2. The Morgan fingerprint density at radius 1 is 1.39 bits per heavy atom. The van der Waals surface area contributed by atoms with Crippen molar-refractivity contribution >= 4 is 29.0 Å². The van der Waals surface area contributed by atoms with Crippen LogP contribution in [0.2, 0.25) is 0 Å². The number of thiocarbonyl (C=S) groups is 1. The second-order valence-electron chi connectivity index (χ2n) is 4.35. The number of nitrogens with one attached hydrogen (secondary N) is 1. The summed E-state index contributed by atoms with van der Waals surface area (Å²) in [5.74, 6) is -0.393. The standard InChI is InChI=1S/C13H16N2O2S/c1-9(16)17-15(2)13(18)14-12-7-6-10-4-3-5-11(10)8-12/h6-8H,3-5H2,1-2H3,(H,14,18). The zero-order valence-electron chi connectivity index (χ0n) is 10.5. The highest BCUT2D eigenvalue weighted by Gasteiger charge is 2.12. The molecule has 0 radical (unpaired) electrons. The fourth-order valence-corrected chi connectivity index (χ4v) is 2.24. The molecule has 0 amide bonds. The van der Waals surface area contributed by atoms with Gasteiger partial charge in [0, 0.05) is 19.7 Å². The van der Waals surface area contributed by atoms with Gasteiger partial charge in [-0.15, -0.1) is 0 Å². The van der Waals surface area contributed by atoms with E-state index in [0.29, 0.717) is 5.11 Å². The summed E-state index contributed by atoms with van der Waals surface area (Å²) in [5, 5.41) is 4.68. The van der Waals surface area contributed by atoms with E-state index in [0.717, 1.165) is 18.5 Å². The van der Waals surface area contributed by atoms with Crippen molar-refractivity contribution in [2.45, 2.75) is 26.2 Å². The van der Waals surface area contributed by atoms with Gasteiger partial charge in [-0.1, -0.05) is 6.07 Å². The highest BCUT2D eigenvalue weighted by Crippen LogP contribution is 2.24. The molecule has 0 spiro atoms. The largest absolute Gasteiger partial charge is 0.339 e. The quantitative estimate of drug-likeness (QED) is 0.622. The summed E-state index contributed by atoms with van der Waals surface area (Å²) in [7, 11) is 1.60. The molecular formula is C13H16N2O2S. The highest BCUT2D eigenvalue weighted by atomic mass is 32.1. The molecule has 4 nitrogen and oxygen atoms in total. The van der Waals surface area contributed by atoms with Gasteiger partial charge in [-0.3, -0.25) is 4.79 Å². The number of fused-ring (bicyclic) bond motifs is 1. The molecule has 1 aromatic carbocycles. The van der Waals surface area contributed by atoms with Crippen LogP contribution in [0.1, 0.15) is 24.5 Å². The predicted octanol–water partition coefficient (Wildman–Crippen LogP) is 2.28. The molecule has 0 bridgehead atoms. The van der Waals surface area contributed by atoms with Gasteiger partial charge in [-0.2, -0.15) is 5.06 Å². The van der Waals surface area contributed by atoms with Crippen molar-refractivity contribution in [3.63, 3.8) is 0 Å². The summed E-state index contributed by atoms with van der Waals surface area (Å²) in [5.41, 5.74) is 3.72. The third-order valence-electron chi connectivity index (χ3n) is 2.90. The Morgan fingerprint density at radius 2 is 2.11 bits per heavy atom. The van der Waals surface area contributed by atoms with Gasteiger partial charge in [-0.05, 0) is 54.7 Å². The average molecular weight is 264 g/mol. The third-order valence-corrected chi connectivity index (χ3v) is 3.26. The first-order valence-electron chi connectivity index (χ1n) is 5.91. The first kappa shape index (κ1) is 12.8. The van der Waals surface area contributed by atoms with Crippen molar-refractivity contribution in [3.05, 3.63) is 29.3 Å². The minimum Gasteiger partial charge on any atom is -0.339 e. The number of anilines is 1. The Hall–Kier alpha value is -1.62. The zero-order chi connectivity index (χ0) is 13.1. The van der Waals surface area contributed by atoms with Crippen molar-refractivity contribution < 1.29 is 9.63 Å². The van der Waals surface area contributed by atoms with Gasteiger partial charge in [0.05, 0.1) is 0 Å². The molecule has 0 fully saturated rings. The van der Waals surface area contributed by atoms with Gasteiger partial charge in [-0.25, -0.2) is 0 Å². The fraction of sp³-hybridized carbons (Fsp3) is 0.385.